The van der Waals surface area contributed by atoms with Crippen LogP contribution in [0.15, 0.2) is 18.2 Å². The first-order chi connectivity index (χ1) is 6.13. The van der Waals surface area contributed by atoms with Gasteiger partial charge in [0.15, 0.2) is 0 Å². The molecule has 0 heterocycles. The second-order valence-electron chi connectivity index (χ2n) is 2.68. The van der Waals surface area contributed by atoms with Crippen LogP contribution in [0.2, 0.25) is 10.0 Å². The molecule has 0 aliphatic heterocycles. The maximum Gasteiger partial charge on any atom is 0.314 e. The molecule has 0 fully saturated rings. The van der Waals surface area contributed by atoms with Crippen LogP contribution >= 0.6 is 23.2 Å². The molecule has 0 radical (unpaired) electrons. The summed E-state index contributed by atoms with van der Waals surface area (Å²) in [5.74, 6) is 0.0818. The number of benzene rings is 1. The summed E-state index contributed by atoms with van der Waals surface area (Å²) >= 11 is 11.5. The van der Waals surface area contributed by atoms with Gasteiger partial charge in [-0.2, -0.15) is 0 Å². The molecule has 0 saturated heterocycles. The number of carbonyl (C=O) groups is 1. The van der Waals surface area contributed by atoms with Crippen LogP contribution in [0, 0.1) is 0 Å². The van der Waals surface area contributed by atoms with Gasteiger partial charge in [0.2, 0.25) is 0 Å². The lowest BCUT2D eigenvalue weighted by Crippen LogP contribution is -2.84. The van der Waals surface area contributed by atoms with E-state index in [1.165, 1.54) is 0 Å². The van der Waals surface area contributed by atoms with Crippen LogP contribution in [0.5, 0.6) is 0 Å². The zero-order valence-electron chi connectivity index (χ0n) is 7.18. The van der Waals surface area contributed by atoms with Gasteiger partial charge in [-0.25, -0.2) is 4.79 Å². The first-order valence-electron chi connectivity index (χ1n) is 3.89. The third-order valence-electron chi connectivity index (χ3n) is 1.68. The van der Waals surface area contributed by atoms with E-state index in [0.717, 1.165) is 5.56 Å². The molecule has 0 saturated carbocycles. The summed E-state index contributed by atoms with van der Waals surface area (Å²) in [7, 11) is 1.72. The molecular weight excluding hydrogens is 209 g/mol. The summed E-state index contributed by atoms with van der Waals surface area (Å²) in [4.78, 5) is 11.0. The Morgan fingerprint density at radius 1 is 1.38 bits per heavy atom. The van der Waals surface area contributed by atoms with Crippen molar-refractivity contribution in [1.29, 1.82) is 0 Å². The van der Waals surface area contributed by atoms with Crippen LogP contribution in [-0.2, 0) is 11.2 Å². The summed E-state index contributed by atoms with van der Waals surface area (Å²) in [6.07, 6.45) is 0.382. The molecule has 4 heteroatoms. The minimum atomic E-state index is 0.0818. The van der Waals surface area contributed by atoms with Gasteiger partial charge >= 0.3 is 5.91 Å². The largest absolute Gasteiger partial charge is 0.314 e. The Balaban J connectivity index is 2.79. The molecule has 0 aliphatic rings. The van der Waals surface area contributed by atoms with Crippen molar-refractivity contribution >= 4 is 29.1 Å². The molecule has 0 atom stereocenters. The number of primary amides is 1. The lowest BCUT2D eigenvalue weighted by atomic mass is 10.1. The Labute approximate surface area is 86.8 Å². The molecule has 0 bridgehead atoms. The van der Waals surface area contributed by atoms with E-state index in [0.29, 0.717) is 16.5 Å². The van der Waals surface area contributed by atoms with Crippen molar-refractivity contribution in [3.63, 3.8) is 0 Å². The van der Waals surface area contributed by atoms with Gasteiger partial charge in [-0.05, 0) is 17.7 Å². The summed E-state index contributed by atoms with van der Waals surface area (Å²) in [5.41, 5.74) is 0.887. The van der Waals surface area contributed by atoms with Gasteiger partial charge in [0, 0.05) is 0 Å². The fourth-order valence-electron chi connectivity index (χ4n) is 0.953. The zero-order chi connectivity index (χ0) is 9.84. The van der Waals surface area contributed by atoms with Crippen LogP contribution in [0.3, 0.4) is 0 Å². The number of hydrogen-bond donors (Lipinski definition) is 1. The molecule has 70 valence electrons. The first kappa shape index (κ1) is 10.5. The van der Waals surface area contributed by atoms with Crippen LogP contribution < -0.4 is 5.32 Å². The highest BCUT2D eigenvalue weighted by molar-refractivity contribution is 6.42. The standard InChI is InChI=1S/C9H9Cl2NO/c1-12-9(13)5-6-2-3-7(10)8(11)4-6/h2-4H,5H2,1H3,(H,12,13)/p+1. The average molecular weight is 219 g/mol. The van der Waals surface area contributed by atoms with Crippen LogP contribution in [0.4, 0.5) is 0 Å². The predicted octanol–water partition coefficient (Wildman–Crippen LogP) is 1.26. The van der Waals surface area contributed by atoms with Gasteiger partial charge in [0.1, 0.15) is 0 Å². The van der Waals surface area contributed by atoms with Crippen molar-refractivity contribution in [2.24, 2.45) is 0 Å². The van der Waals surface area contributed by atoms with Crippen LogP contribution in [0.25, 0.3) is 0 Å². The average Bonchev–Trinajstić information content (AvgIpc) is 2.11. The van der Waals surface area contributed by atoms with Crippen molar-refractivity contribution in [2.45, 2.75) is 6.42 Å². The molecule has 2 N–H and O–H groups in total. The fourth-order valence-corrected chi connectivity index (χ4v) is 1.27. The molecule has 0 unspecified atom stereocenters. The molecule has 1 aromatic carbocycles. The Bertz CT molecular complexity index is 325. The fraction of sp³-hybridized carbons (Fsp3) is 0.222. The Hall–Kier alpha value is -0.570. The second kappa shape index (κ2) is 4.61. The van der Waals surface area contributed by atoms with Crippen LogP contribution in [0.1, 0.15) is 5.56 Å². The van der Waals surface area contributed by atoms with E-state index in [2.05, 4.69) is 0 Å². The number of likely N-dealkylation sites (N-methyl/N-ethyl adjacent to an activating group) is 1. The third kappa shape index (κ3) is 2.99. The number of halogens is 2. The van der Waals surface area contributed by atoms with E-state index < -0.39 is 0 Å². The SMILES string of the molecule is C[NH2+]C(=O)Cc1ccc(Cl)c(Cl)c1. The van der Waals surface area contributed by atoms with Gasteiger partial charge < -0.3 is 0 Å². The summed E-state index contributed by atoms with van der Waals surface area (Å²) in [5, 5.41) is 2.55. The number of amides is 1. The third-order valence-corrected chi connectivity index (χ3v) is 2.42. The maximum absolute atomic E-state index is 11.0. The van der Waals surface area contributed by atoms with E-state index in [1.54, 1.807) is 30.6 Å². The molecule has 1 rings (SSSR count). The molecule has 2 nitrogen and oxygen atoms in total. The van der Waals surface area contributed by atoms with Gasteiger partial charge in [-0.15, -0.1) is 0 Å². The summed E-state index contributed by atoms with van der Waals surface area (Å²) in [6.45, 7) is 0. The minimum Gasteiger partial charge on any atom is -0.285 e. The number of nitrogens with two attached hydrogens (primary N) is 1. The first-order valence-corrected chi connectivity index (χ1v) is 4.65. The highest BCUT2D eigenvalue weighted by Gasteiger charge is 2.06. The van der Waals surface area contributed by atoms with E-state index in [4.69, 9.17) is 23.2 Å². The van der Waals surface area contributed by atoms with Crippen molar-refractivity contribution in [3.05, 3.63) is 33.8 Å². The van der Waals surface area contributed by atoms with E-state index in [9.17, 15) is 4.79 Å². The summed E-state index contributed by atoms with van der Waals surface area (Å²) in [6, 6.07) is 5.21. The Morgan fingerprint density at radius 2 is 2.08 bits per heavy atom. The zero-order valence-corrected chi connectivity index (χ0v) is 8.69. The van der Waals surface area contributed by atoms with Crippen molar-refractivity contribution in [3.8, 4) is 0 Å². The van der Waals surface area contributed by atoms with Crippen molar-refractivity contribution in [2.75, 3.05) is 7.05 Å². The van der Waals surface area contributed by atoms with Gasteiger partial charge in [0.25, 0.3) is 0 Å². The highest BCUT2D eigenvalue weighted by Crippen LogP contribution is 2.22. The van der Waals surface area contributed by atoms with Gasteiger partial charge in [0.05, 0.1) is 23.5 Å². The molecular formula is C9H10Cl2NO+. The lowest BCUT2D eigenvalue weighted by Gasteiger charge is -1.99. The molecule has 0 aliphatic carbocycles. The van der Waals surface area contributed by atoms with Crippen molar-refractivity contribution in [1.82, 2.24) is 0 Å². The van der Waals surface area contributed by atoms with Crippen molar-refractivity contribution < 1.29 is 10.1 Å². The molecule has 0 spiro atoms. The minimum absolute atomic E-state index is 0.0818. The number of rotatable bonds is 2. The van der Waals surface area contributed by atoms with Crippen LogP contribution in [-0.4, -0.2) is 13.0 Å². The topological polar surface area (TPSA) is 33.7 Å². The quantitative estimate of drug-likeness (QED) is 0.798. The van der Waals surface area contributed by atoms with Gasteiger partial charge in [-0.1, -0.05) is 29.3 Å². The lowest BCUT2D eigenvalue weighted by molar-refractivity contribution is -0.538. The molecule has 1 aromatic rings. The smallest absolute Gasteiger partial charge is 0.285 e. The van der Waals surface area contributed by atoms with E-state index >= 15 is 0 Å². The summed E-state index contributed by atoms with van der Waals surface area (Å²) < 4.78 is 0. The van der Waals surface area contributed by atoms with E-state index in [1.807, 2.05) is 0 Å². The number of quaternary nitrogens is 1. The molecule has 0 aromatic heterocycles. The second-order valence-corrected chi connectivity index (χ2v) is 3.49. The highest BCUT2D eigenvalue weighted by atomic mass is 35.5. The Kier molecular flexibility index (Phi) is 3.72. The normalized spacial score (nSPS) is 10.1. The number of hydrogen-bond acceptors (Lipinski definition) is 1. The maximum atomic E-state index is 11.0. The monoisotopic (exact) mass is 218 g/mol. The van der Waals surface area contributed by atoms with Gasteiger partial charge in [-0.3, -0.25) is 5.32 Å². The van der Waals surface area contributed by atoms with E-state index in [-0.39, 0.29) is 5.91 Å². The Morgan fingerprint density at radius 3 is 2.62 bits per heavy atom. The molecule has 13 heavy (non-hydrogen) atoms. The number of carbonyl (C=O) groups excluding carboxylic acids is 1. The predicted molar refractivity (Wildman–Crippen MR) is 53.0 cm³/mol. The molecule has 1 amide bonds.